The van der Waals surface area contributed by atoms with E-state index in [4.69, 9.17) is 10.2 Å². The molecule has 0 bridgehead atoms. The van der Waals surface area contributed by atoms with Gasteiger partial charge in [0, 0.05) is 14.5 Å². The highest BCUT2D eigenvalue weighted by Crippen LogP contribution is 2.31. The van der Waals surface area contributed by atoms with E-state index in [2.05, 4.69) is 36.8 Å². The van der Waals surface area contributed by atoms with Gasteiger partial charge in [0.2, 0.25) is 5.89 Å². The Hall–Kier alpha value is -0.650. The van der Waals surface area contributed by atoms with Gasteiger partial charge in [-0.1, -0.05) is 31.9 Å². The van der Waals surface area contributed by atoms with Crippen LogP contribution in [0.25, 0.3) is 11.3 Å². The van der Waals surface area contributed by atoms with E-state index in [1.54, 1.807) is 6.20 Å². The third kappa shape index (κ3) is 2.30. The quantitative estimate of drug-likeness (QED) is 0.918. The molecule has 3 nitrogen and oxygen atoms in total. The fourth-order valence-corrected chi connectivity index (χ4v) is 2.02. The lowest BCUT2D eigenvalue weighted by atomic mass is 10.2. The average Bonchev–Trinajstić information content (AvgIpc) is 2.70. The van der Waals surface area contributed by atoms with E-state index in [1.807, 2.05) is 18.2 Å². The zero-order chi connectivity index (χ0) is 10.8. The molecule has 0 fully saturated rings. The van der Waals surface area contributed by atoms with Gasteiger partial charge in [-0.2, -0.15) is 0 Å². The maximum Gasteiger partial charge on any atom is 0.208 e. The highest BCUT2D eigenvalue weighted by Gasteiger charge is 2.09. The third-order valence-corrected chi connectivity index (χ3v) is 3.11. The van der Waals surface area contributed by atoms with E-state index in [0.29, 0.717) is 18.2 Å². The van der Waals surface area contributed by atoms with E-state index in [9.17, 15) is 0 Å². The molecule has 0 aliphatic rings. The zero-order valence-electron chi connectivity index (χ0n) is 7.71. The maximum atomic E-state index is 5.47. The second-order valence-electron chi connectivity index (χ2n) is 2.95. The second kappa shape index (κ2) is 4.47. The number of oxazole rings is 1. The topological polar surface area (TPSA) is 52.0 Å². The Kier molecular flexibility index (Phi) is 3.23. The van der Waals surface area contributed by atoms with Crippen molar-refractivity contribution in [3.05, 3.63) is 39.2 Å². The molecular weight excluding hydrogens is 324 g/mol. The molecule has 2 N–H and O–H groups in total. The van der Waals surface area contributed by atoms with Crippen molar-refractivity contribution < 1.29 is 4.42 Å². The highest BCUT2D eigenvalue weighted by atomic mass is 79.9. The number of aromatic nitrogens is 1. The Bertz CT molecular complexity index is 482. The second-order valence-corrected chi connectivity index (χ2v) is 4.72. The van der Waals surface area contributed by atoms with Crippen molar-refractivity contribution in [1.82, 2.24) is 4.98 Å². The Morgan fingerprint density at radius 2 is 2.13 bits per heavy atom. The van der Waals surface area contributed by atoms with E-state index in [1.165, 1.54) is 0 Å². The van der Waals surface area contributed by atoms with Crippen LogP contribution < -0.4 is 5.73 Å². The first-order valence-corrected chi connectivity index (χ1v) is 5.89. The number of nitrogens with zero attached hydrogens (tertiary/aromatic N) is 1. The third-order valence-electron chi connectivity index (χ3n) is 1.92. The molecule has 1 heterocycles. The van der Waals surface area contributed by atoms with E-state index < -0.39 is 0 Å². The predicted octanol–water partition coefficient (Wildman–Crippen LogP) is 3.33. The van der Waals surface area contributed by atoms with Gasteiger partial charge in [0.05, 0.1) is 12.7 Å². The fraction of sp³-hybridized carbons (Fsp3) is 0.100. The normalized spacial score (nSPS) is 10.6. The van der Waals surface area contributed by atoms with Gasteiger partial charge in [-0.15, -0.1) is 0 Å². The molecule has 5 heteroatoms. The van der Waals surface area contributed by atoms with Gasteiger partial charge in [0.15, 0.2) is 5.76 Å². The molecule has 0 saturated heterocycles. The number of benzene rings is 1. The van der Waals surface area contributed by atoms with Crippen LogP contribution in [0.4, 0.5) is 0 Å². The van der Waals surface area contributed by atoms with Crippen molar-refractivity contribution >= 4 is 31.9 Å². The van der Waals surface area contributed by atoms with Gasteiger partial charge >= 0.3 is 0 Å². The first kappa shape index (κ1) is 10.9. The first-order valence-electron chi connectivity index (χ1n) is 4.31. The molecule has 0 aliphatic heterocycles. The molecule has 0 unspecified atom stereocenters. The summed E-state index contributed by atoms with van der Waals surface area (Å²) < 4.78 is 7.42. The summed E-state index contributed by atoms with van der Waals surface area (Å²) in [6, 6.07) is 5.86. The Morgan fingerprint density at radius 3 is 2.80 bits per heavy atom. The summed E-state index contributed by atoms with van der Waals surface area (Å²) in [6.45, 7) is 0.311. The van der Waals surface area contributed by atoms with Crippen molar-refractivity contribution in [1.29, 1.82) is 0 Å². The highest BCUT2D eigenvalue weighted by molar-refractivity contribution is 9.11. The maximum absolute atomic E-state index is 5.47. The largest absolute Gasteiger partial charge is 0.439 e. The van der Waals surface area contributed by atoms with Crippen molar-refractivity contribution in [2.75, 3.05) is 0 Å². The molecule has 2 rings (SSSR count). The van der Waals surface area contributed by atoms with Crippen LogP contribution in [0.1, 0.15) is 5.89 Å². The van der Waals surface area contributed by atoms with Gasteiger partial charge in [-0.05, 0) is 18.2 Å². The van der Waals surface area contributed by atoms with Crippen LogP contribution in [0.5, 0.6) is 0 Å². The zero-order valence-corrected chi connectivity index (χ0v) is 10.9. The Labute approximate surface area is 104 Å². The molecule has 1 aromatic carbocycles. The lowest BCUT2D eigenvalue weighted by molar-refractivity contribution is 0.509. The summed E-state index contributed by atoms with van der Waals surface area (Å²) in [7, 11) is 0. The Morgan fingerprint density at radius 1 is 1.33 bits per heavy atom. The van der Waals surface area contributed by atoms with Gasteiger partial charge < -0.3 is 10.2 Å². The van der Waals surface area contributed by atoms with Crippen LogP contribution in [0.15, 0.2) is 37.8 Å². The SMILES string of the molecule is NCc1ncc(-c2cc(Br)ccc2Br)o1. The summed E-state index contributed by atoms with van der Waals surface area (Å²) in [5.41, 5.74) is 6.39. The molecule has 2 aromatic rings. The summed E-state index contributed by atoms with van der Waals surface area (Å²) in [6.07, 6.45) is 1.68. The molecule has 0 atom stereocenters. The van der Waals surface area contributed by atoms with Crippen LogP contribution in [0.3, 0.4) is 0 Å². The Balaban J connectivity index is 2.48. The number of nitrogens with two attached hydrogens (primary N) is 1. The van der Waals surface area contributed by atoms with E-state index >= 15 is 0 Å². The number of halogens is 2. The fourth-order valence-electron chi connectivity index (χ4n) is 1.22. The monoisotopic (exact) mass is 330 g/mol. The molecule has 15 heavy (non-hydrogen) atoms. The van der Waals surface area contributed by atoms with Crippen molar-refractivity contribution in [2.45, 2.75) is 6.54 Å². The summed E-state index contributed by atoms with van der Waals surface area (Å²) in [5, 5.41) is 0. The predicted molar refractivity (Wildman–Crippen MR) is 65.2 cm³/mol. The van der Waals surface area contributed by atoms with Crippen LogP contribution in [-0.2, 0) is 6.54 Å². The van der Waals surface area contributed by atoms with Gasteiger partial charge in [-0.25, -0.2) is 4.98 Å². The van der Waals surface area contributed by atoms with Crippen molar-refractivity contribution in [3.8, 4) is 11.3 Å². The van der Waals surface area contributed by atoms with Crippen LogP contribution in [-0.4, -0.2) is 4.98 Å². The van der Waals surface area contributed by atoms with Crippen molar-refractivity contribution in [3.63, 3.8) is 0 Å². The molecule has 1 aromatic heterocycles. The van der Waals surface area contributed by atoms with Gasteiger partial charge in [-0.3, -0.25) is 0 Å². The molecule has 78 valence electrons. The molecular formula is C10H8Br2N2O. The summed E-state index contributed by atoms with van der Waals surface area (Å²) in [5.74, 6) is 1.25. The minimum absolute atomic E-state index is 0.311. The van der Waals surface area contributed by atoms with Crippen molar-refractivity contribution in [2.24, 2.45) is 5.73 Å². The number of hydrogen-bond donors (Lipinski definition) is 1. The lowest BCUT2D eigenvalue weighted by Gasteiger charge is -2.00. The molecule has 0 aliphatic carbocycles. The summed E-state index contributed by atoms with van der Waals surface area (Å²) >= 11 is 6.87. The molecule has 0 radical (unpaired) electrons. The molecule has 0 saturated carbocycles. The minimum Gasteiger partial charge on any atom is -0.439 e. The standard InChI is InChI=1S/C10H8Br2N2O/c11-6-1-2-8(12)7(3-6)9-5-14-10(4-13)15-9/h1-3,5H,4,13H2. The van der Waals surface area contributed by atoms with Gasteiger partial charge in [0.25, 0.3) is 0 Å². The van der Waals surface area contributed by atoms with Crippen LogP contribution >= 0.6 is 31.9 Å². The first-order chi connectivity index (χ1) is 7.20. The molecule has 0 amide bonds. The average molecular weight is 332 g/mol. The smallest absolute Gasteiger partial charge is 0.208 e. The van der Waals surface area contributed by atoms with Gasteiger partial charge in [0.1, 0.15) is 0 Å². The van der Waals surface area contributed by atoms with E-state index in [-0.39, 0.29) is 0 Å². The number of rotatable bonds is 2. The minimum atomic E-state index is 0.311. The van der Waals surface area contributed by atoms with Crippen LogP contribution in [0, 0.1) is 0 Å². The van der Waals surface area contributed by atoms with Crippen LogP contribution in [0.2, 0.25) is 0 Å². The molecule has 0 spiro atoms. The number of hydrogen-bond acceptors (Lipinski definition) is 3. The summed E-state index contributed by atoms with van der Waals surface area (Å²) in [4.78, 5) is 4.05. The lowest BCUT2D eigenvalue weighted by Crippen LogP contribution is -1.94. The van der Waals surface area contributed by atoms with E-state index in [0.717, 1.165) is 14.5 Å².